The normalized spacial score (nSPS) is 15.2. The lowest BCUT2D eigenvalue weighted by Gasteiger charge is -2.39. The van der Waals surface area contributed by atoms with E-state index in [0.29, 0.717) is 5.69 Å². The highest BCUT2D eigenvalue weighted by atomic mass is 28.4. The maximum Gasteiger partial charge on any atom is 0.405 e. The van der Waals surface area contributed by atoms with E-state index in [0.717, 1.165) is 18.4 Å². The second-order valence-electron chi connectivity index (χ2n) is 12.9. The summed E-state index contributed by atoms with van der Waals surface area (Å²) in [6.07, 6.45) is 2.39. The number of amides is 4. The van der Waals surface area contributed by atoms with Crippen molar-refractivity contribution in [2.75, 3.05) is 31.5 Å². The topological polar surface area (TPSA) is 149 Å². The van der Waals surface area contributed by atoms with Crippen molar-refractivity contribution in [1.29, 1.82) is 0 Å². The molecule has 0 aliphatic carbocycles. The largest absolute Gasteiger partial charge is 0.434 e. The molecule has 1 aliphatic heterocycles. The van der Waals surface area contributed by atoms with Crippen LogP contribution in [0, 0.1) is 0 Å². The number of ether oxygens (including phenoxy) is 1. The minimum absolute atomic E-state index is 0.130. The second kappa shape index (κ2) is 13.3. The molecule has 236 valence electrons. The van der Waals surface area contributed by atoms with Crippen molar-refractivity contribution in [3.05, 3.63) is 52.6 Å². The highest BCUT2D eigenvalue weighted by Crippen LogP contribution is 2.38. The molecule has 2 aromatic rings. The first-order chi connectivity index (χ1) is 19.9. The smallest absolute Gasteiger partial charge is 0.405 e. The number of benzene rings is 1. The SMILES string of the molecule is CCC(Cc1ccc(-n2ccc(NC(=O)N3CCN(C(=O)C(C)(C)OC(N)=O)CC3)nc2=O)cc1)O[Si](C)(C)C(C)(C)C. The third-order valence-corrected chi connectivity index (χ3v) is 12.7. The van der Waals surface area contributed by atoms with Crippen molar-refractivity contribution >= 4 is 32.2 Å². The maximum atomic E-state index is 12.8. The summed E-state index contributed by atoms with van der Waals surface area (Å²) in [7, 11) is -1.88. The Morgan fingerprint density at radius 3 is 2.09 bits per heavy atom. The van der Waals surface area contributed by atoms with Gasteiger partial charge in [0.25, 0.3) is 5.91 Å². The third kappa shape index (κ3) is 8.66. The first-order valence-corrected chi connectivity index (χ1v) is 17.5. The van der Waals surface area contributed by atoms with Crippen LogP contribution in [-0.4, -0.2) is 83.6 Å². The predicted molar refractivity (Wildman–Crippen MR) is 168 cm³/mol. The molecule has 13 heteroatoms. The van der Waals surface area contributed by atoms with Crippen LogP contribution in [0.3, 0.4) is 0 Å². The molecular weight excluding hydrogens is 568 g/mol. The molecular formula is C30H46N6O6Si. The number of piperazine rings is 1. The molecule has 1 fully saturated rings. The van der Waals surface area contributed by atoms with Crippen LogP contribution < -0.4 is 16.7 Å². The Bertz CT molecular complexity index is 1360. The van der Waals surface area contributed by atoms with Crippen molar-refractivity contribution in [2.45, 2.75) is 84.2 Å². The number of hydrogen-bond acceptors (Lipinski definition) is 7. The molecule has 1 aliphatic rings. The van der Waals surface area contributed by atoms with Gasteiger partial charge in [0.15, 0.2) is 13.9 Å². The number of carbonyl (C=O) groups excluding carboxylic acids is 3. The minimum Gasteiger partial charge on any atom is -0.434 e. The number of carbonyl (C=O) groups is 3. The van der Waals surface area contributed by atoms with Gasteiger partial charge >= 0.3 is 17.8 Å². The molecule has 1 aromatic carbocycles. The monoisotopic (exact) mass is 614 g/mol. The predicted octanol–water partition coefficient (Wildman–Crippen LogP) is 4.13. The van der Waals surface area contributed by atoms with Crippen molar-refractivity contribution in [1.82, 2.24) is 19.4 Å². The summed E-state index contributed by atoms with van der Waals surface area (Å²) in [4.78, 5) is 56.5. The van der Waals surface area contributed by atoms with Gasteiger partial charge in [-0.2, -0.15) is 4.98 Å². The van der Waals surface area contributed by atoms with E-state index in [4.69, 9.17) is 14.9 Å². The van der Waals surface area contributed by atoms with Crippen LogP contribution in [0.1, 0.15) is 53.5 Å². The molecule has 12 nitrogen and oxygen atoms in total. The van der Waals surface area contributed by atoms with Gasteiger partial charge in [-0.25, -0.2) is 14.4 Å². The summed E-state index contributed by atoms with van der Waals surface area (Å²) in [6, 6.07) is 8.90. The van der Waals surface area contributed by atoms with E-state index in [-0.39, 0.29) is 43.1 Å². The zero-order valence-corrected chi connectivity index (χ0v) is 27.6. The molecule has 0 bridgehead atoms. The molecule has 1 atom stereocenters. The van der Waals surface area contributed by atoms with E-state index < -0.39 is 37.6 Å². The highest BCUT2D eigenvalue weighted by Gasteiger charge is 2.39. The summed E-state index contributed by atoms with van der Waals surface area (Å²) < 4.78 is 13.0. The van der Waals surface area contributed by atoms with E-state index >= 15 is 0 Å². The fourth-order valence-corrected chi connectivity index (χ4v) is 6.00. The minimum atomic E-state index is -1.88. The molecule has 3 N–H and O–H groups in total. The Kier molecular flexibility index (Phi) is 10.4. The Labute approximate surface area is 254 Å². The van der Waals surface area contributed by atoms with Gasteiger partial charge in [-0.3, -0.25) is 14.7 Å². The van der Waals surface area contributed by atoms with Gasteiger partial charge in [-0.15, -0.1) is 0 Å². The Hall–Kier alpha value is -3.71. The average molecular weight is 615 g/mol. The van der Waals surface area contributed by atoms with Crippen LogP contribution in [0.25, 0.3) is 5.69 Å². The van der Waals surface area contributed by atoms with E-state index in [1.807, 2.05) is 24.3 Å². The van der Waals surface area contributed by atoms with Gasteiger partial charge in [0.2, 0.25) is 0 Å². The van der Waals surface area contributed by atoms with E-state index in [1.54, 1.807) is 12.3 Å². The van der Waals surface area contributed by atoms with Gasteiger partial charge in [-0.05, 0) is 68.6 Å². The number of rotatable bonds is 9. The van der Waals surface area contributed by atoms with E-state index in [9.17, 15) is 19.2 Å². The fraction of sp³-hybridized carbons (Fsp3) is 0.567. The zero-order valence-electron chi connectivity index (χ0n) is 26.6. The van der Waals surface area contributed by atoms with Crippen LogP contribution in [0.2, 0.25) is 18.1 Å². The highest BCUT2D eigenvalue weighted by molar-refractivity contribution is 6.74. The summed E-state index contributed by atoms with van der Waals surface area (Å²) in [5.41, 5.74) is 4.94. The summed E-state index contributed by atoms with van der Waals surface area (Å²) in [6.45, 7) is 17.3. The molecule has 4 amide bonds. The van der Waals surface area contributed by atoms with Crippen molar-refractivity contribution in [3.8, 4) is 5.69 Å². The van der Waals surface area contributed by atoms with E-state index in [1.165, 1.54) is 28.2 Å². The number of anilines is 1. The van der Waals surface area contributed by atoms with Gasteiger partial charge < -0.3 is 24.7 Å². The quantitative estimate of drug-likeness (QED) is 0.404. The number of urea groups is 1. The number of primary amides is 1. The molecule has 0 radical (unpaired) electrons. The molecule has 0 saturated carbocycles. The lowest BCUT2D eigenvalue weighted by Crippen LogP contribution is -2.56. The molecule has 2 heterocycles. The van der Waals surface area contributed by atoms with E-state index in [2.05, 4.69) is 51.1 Å². The van der Waals surface area contributed by atoms with Crippen molar-refractivity contribution in [3.63, 3.8) is 0 Å². The summed E-state index contributed by atoms with van der Waals surface area (Å²) >= 11 is 0. The van der Waals surface area contributed by atoms with Gasteiger partial charge in [-0.1, -0.05) is 39.8 Å². The van der Waals surface area contributed by atoms with Gasteiger partial charge in [0, 0.05) is 38.5 Å². The number of nitrogens with one attached hydrogen (secondary N) is 1. The Balaban J connectivity index is 1.58. The standard InChI is InChI=1S/C30H46N6O6Si/c1-9-23(42-43(7,8)29(2,3)4)20-21-10-12-22(13-11-21)36-15-14-24(33-28(36)40)32-27(39)35-18-16-34(17-19-35)25(37)30(5,6)41-26(31)38/h10-15,23H,9,16-20H2,1-8H3,(H2,31,38)(H,32,33,39,40). The van der Waals surface area contributed by atoms with Crippen LogP contribution in [0.4, 0.5) is 15.4 Å². The molecule has 1 unspecified atom stereocenters. The molecule has 0 spiro atoms. The number of nitrogens with zero attached hydrogens (tertiary/aromatic N) is 4. The third-order valence-electron chi connectivity index (χ3n) is 8.16. The zero-order chi connectivity index (χ0) is 32.2. The maximum absolute atomic E-state index is 12.8. The number of hydrogen-bond donors (Lipinski definition) is 2. The lowest BCUT2D eigenvalue weighted by molar-refractivity contribution is -0.149. The second-order valence-corrected chi connectivity index (χ2v) is 17.6. The van der Waals surface area contributed by atoms with Crippen molar-refractivity contribution < 1.29 is 23.5 Å². The molecule has 43 heavy (non-hydrogen) atoms. The molecule has 1 aromatic heterocycles. The summed E-state index contributed by atoms with van der Waals surface area (Å²) in [5, 5.41) is 2.80. The van der Waals surface area contributed by atoms with Crippen LogP contribution in [-0.2, 0) is 20.4 Å². The average Bonchev–Trinajstić information content (AvgIpc) is 2.91. The molecule has 1 saturated heterocycles. The number of nitrogens with two attached hydrogens (primary N) is 1. The first-order valence-electron chi connectivity index (χ1n) is 14.6. The van der Waals surface area contributed by atoms with Gasteiger partial charge in [0.05, 0.1) is 5.69 Å². The number of aromatic nitrogens is 2. The first kappa shape index (κ1) is 33.8. The van der Waals surface area contributed by atoms with Crippen LogP contribution in [0.5, 0.6) is 0 Å². The fourth-order valence-electron chi connectivity index (χ4n) is 4.56. The van der Waals surface area contributed by atoms with Gasteiger partial charge in [0.1, 0.15) is 5.82 Å². The molecule has 3 rings (SSSR count). The summed E-state index contributed by atoms with van der Waals surface area (Å²) in [5.74, 6) is -0.264. The van der Waals surface area contributed by atoms with Crippen LogP contribution >= 0.6 is 0 Å². The van der Waals surface area contributed by atoms with Crippen LogP contribution in [0.15, 0.2) is 41.3 Å². The Morgan fingerprint density at radius 1 is 1.00 bits per heavy atom. The Morgan fingerprint density at radius 2 is 1.58 bits per heavy atom. The lowest BCUT2D eigenvalue weighted by atomic mass is 10.1. The van der Waals surface area contributed by atoms with Crippen molar-refractivity contribution in [2.24, 2.45) is 5.73 Å².